The zero-order chi connectivity index (χ0) is 12.4. The van der Waals surface area contributed by atoms with Gasteiger partial charge >= 0.3 is 5.97 Å². The molecule has 1 aromatic carbocycles. The molecule has 0 bridgehead atoms. The van der Waals surface area contributed by atoms with Crippen LogP contribution < -0.4 is 5.73 Å². The van der Waals surface area contributed by atoms with Crippen molar-refractivity contribution in [2.75, 3.05) is 12.8 Å². The fourth-order valence-electron chi connectivity index (χ4n) is 1.89. The summed E-state index contributed by atoms with van der Waals surface area (Å²) in [6, 6.07) is 7.24. The maximum Gasteiger partial charge on any atom is 0.338 e. The monoisotopic (exact) mass is 237 g/mol. The molecule has 1 fully saturated rings. The molecule has 3 atom stereocenters. The van der Waals surface area contributed by atoms with Crippen molar-refractivity contribution < 1.29 is 19.0 Å². The first kappa shape index (κ1) is 11.9. The number of carbonyl (C=O) groups excluding carboxylic acids is 1. The van der Waals surface area contributed by atoms with Gasteiger partial charge in [-0.3, -0.25) is 0 Å². The molecule has 17 heavy (non-hydrogen) atoms. The molecular formula is C12H15NO4. The van der Waals surface area contributed by atoms with Crippen LogP contribution in [0.25, 0.3) is 0 Å². The second kappa shape index (κ2) is 4.73. The average Bonchev–Trinajstić information content (AvgIpc) is 2.71. The summed E-state index contributed by atoms with van der Waals surface area (Å²) in [5.74, 6) is -0.456. The SMILES string of the molecule is COC(=O)[C@H]1OC(C)O[C@@H]1c1ccccc1N. The number of ether oxygens (including phenoxy) is 3. The van der Waals surface area contributed by atoms with Crippen LogP contribution in [-0.4, -0.2) is 25.5 Å². The highest BCUT2D eigenvalue weighted by Gasteiger charge is 2.41. The van der Waals surface area contributed by atoms with Gasteiger partial charge in [-0.2, -0.15) is 0 Å². The summed E-state index contributed by atoms with van der Waals surface area (Å²) >= 11 is 0. The Labute approximate surface area is 99.5 Å². The molecule has 0 radical (unpaired) electrons. The number of carbonyl (C=O) groups is 1. The molecule has 0 amide bonds. The first-order valence-electron chi connectivity index (χ1n) is 5.36. The lowest BCUT2D eigenvalue weighted by Crippen LogP contribution is -2.27. The van der Waals surface area contributed by atoms with Crippen LogP contribution in [0.15, 0.2) is 24.3 Å². The Morgan fingerprint density at radius 2 is 2.06 bits per heavy atom. The lowest BCUT2D eigenvalue weighted by molar-refractivity contribution is -0.153. The quantitative estimate of drug-likeness (QED) is 0.619. The van der Waals surface area contributed by atoms with E-state index >= 15 is 0 Å². The van der Waals surface area contributed by atoms with E-state index in [0.717, 1.165) is 5.56 Å². The summed E-state index contributed by atoms with van der Waals surface area (Å²) in [6.07, 6.45) is -1.73. The molecule has 2 N–H and O–H groups in total. The number of benzene rings is 1. The number of para-hydroxylation sites is 1. The van der Waals surface area contributed by atoms with E-state index in [0.29, 0.717) is 5.69 Å². The van der Waals surface area contributed by atoms with E-state index in [1.54, 1.807) is 13.0 Å². The van der Waals surface area contributed by atoms with Gasteiger partial charge in [0.1, 0.15) is 6.10 Å². The third kappa shape index (κ3) is 2.25. The Hall–Kier alpha value is -1.59. The predicted octanol–water partition coefficient (Wildman–Crippen LogP) is 1.24. The molecule has 5 heteroatoms. The second-order valence-electron chi connectivity index (χ2n) is 3.83. The largest absolute Gasteiger partial charge is 0.467 e. The number of anilines is 1. The van der Waals surface area contributed by atoms with Gasteiger partial charge in [0.15, 0.2) is 12.4 Å². The molecule has 2 rings (SSSR count). The Morgan fingerprint density at radius 1 is 1.35 bits per heavy atom. The normalized spacial score (nSPS) is 28.0. The van der Waals surface area contributed by atoms with Gasteiger partial charge in [-0.1, -0.05) is 18.2 Å². The zero-order valence-electron chi connectivity index (χ0n) is 9.75. The van der Waals surface area contributed by atoms with E-state index in [4.69, 9.17) is 15.2 Å². The number of hydrogen-bond donors (Lipinski definition) is 1. The summed E-state index contributed by atoms with van der Waals surface area (Å²) in [5.41, 5.74) is 7.18. The van der Waals surface area contributed by atoms with Crippen LogP contribution in [0.5, 0.6) is 0 Å². The number of rotatable bonds is 2. The van der Waals surface area contributed by atoms with Crippen LogP contribution in [-0.2, 0) is 19.0 Å². The van der Waals surface area contributed by atoms with Crippen LogP contribution in [0.3, 0.4) is 0 Å². The minimum atomic E-state index is -0.764. The van der Waals surface area contributed by atoms with E-state index in [9.17, 15) is 4.79 Å². The zero-order valence-corrected chi connectivity index (χ0v) is 9.75. The highest BCUT2D eigenvalue weighted by Crippen LogP contribution is 2.35. The molecule has 0 spiro atoms. The predicted molar refractivity (Wildman–Crippen MR) is 61.0 cm³/mol. The first-order valence-corrected chi connectivity index (χ1v) is 5.36. The molecule has 0 saturated carbocycles. The summed E-state index contributed by atoms with van der Waals surface area (Å²) in [4.78, 5) is 11.6. The summed E-state index contributed by atoms with van der Waals surface area (Å²) in [5, 5.41) is 0. The van der Waals surface area contributed by atoms with Crippen molar-refractivity contribution in [3.63, 3.8) is 0 Å². The van der Waals surface area contributed by atoms with Crippen LogP contribution in [0.2, 0.25) is 0 Å². The third-order valence-electron chi connectivity index (χ3n) is 2.69. The van der Waals surface area contributed by atoms with Gasteiger partial charge in [-0.15, -0.1) is 0 Å². The van der Waals surface area contributed by atoms with E-state index in [-0.39, 0.29) is 0 Å². The number of esters is 1. The van der Waals surface area contributed by atoms with Crippen molar-refractivity contribution in [3.8, 4) is 0 Å². The van der Waals surface area contributed by atoms with Gasteiger partial charge in [0, 0.05) is 11.3 Å². The van der Waals surface area contributed by atoms with Crippen molar-refractivity contribution in [1.29, 1.82) is 0 Å². The Bertz CT molecular complexity index is 421. The third-order valence-corrected chi connectivity index (χ3v) is 2.69. The maximum absolute atomic E-state index is 11.6. The minimum Gasteiger partial charge on any atom is -0.467 e. The number of methoxy groups -OCH3 is 1. The van der Waals surface area contributed by atoms with Gasteiger partial charge in [0.25, 0.3) is 0 Å². The van der Waals surface area contributed by atoms with Gasteiger partial charge in [0.05, 0.1) is 7.11 Å². The highest BCUT2D eigenvalue weighted by molar-refractivity contribution is 5.76. The molecular weight excluding hydrogens is 222 g/mol. The summed E-state index contributed by atoms with van der Waals surface area (Å²) < 4.78 is 15.6. The highest BCUT2D eigenvalue weighted by atomic mass is 16.7. The molecule has 1 saturated heterocycles. The molecule has 92 valence electrons. The van der Waals surface area contributed by atoms with Gasteiger partial charge < -0.3 is 19.9 Å². The minimum absolute atomic E-state index is 0.455. The molecule has 1 aromatic rings. The molecule has 1 aliphatic rings. The maximum atomic E-state index is 11.6. The number of hydrogen-bond acceptors (Lipinski definition) is 5. The van der Waals surface area contributed by atoms with E-state index in [1.165, 1.54) is 7.11 Å². The lowest BCUT2D eigenvalue weighted by atomic mass is 10.0. The Morgan fingerprint density at radius 3 is 2.71 bits per heavy atom. The number of nitrogen functional groups attached to an aromatic ring is 1. The van der Waals surface area contributed by atoms with Crippen LogP contribution in [0, 0.1) is 0 Å². The molecule has 1 aliphatic heterocycles. The van der Waals surface area contributed by atoms with E-state index < -0.39 is 24.5 Å². The van der Waals surface area contributed by atoms with Crippen LogP contribution in [0.1, 0.15) is 18.6 Å². The van der Waals surface area contributed by atoms with Crippen molar-refractivity contribution in [2.45, 2.75) is 25.4 Å². The summed E-state index contributed by atoms with van der Waals surface area (Å²) in [7, 11) is 1.32. The molecule has 1 unspecified atom stereocenters. The van der Waals surface area contributed by atoms with Crippen molar-refractivity contribution in [3.05, 3.63) is 29.8 Å². The molecule has 0 aromatic heterocycles. The topological polar surface area (TPSA) is 70.8 Å². The van der Waals surface area contributed by atoms with E-state index in [1.807, 2.05) is 18.2 Å². The first-order chi connectivity index (χ1) is 8.13. The standard InChI is InChI=1S/C12H15NO4/c1-7-16-10(11(17-7)12(14)15-2)8-5-3-4-6-9(8)13/h3-7,10-11H,13H2,1-2H3/t7?,10-,11+/m1/s1. The van der Waals surface area contributed by atoms with E-state index in [2.05, 4.69) is 4.74 Å². The number of nitrogens with two attached hydrogens (primary N) is 1. The smallest absolute Gasteiger partial charge is 0.338 e. The van der Waals surface area contributed by atoms with Gasteiger partial charge in [0.2, 0.25) is 0 Å². The van der Waals surface area contributed by atoms with Crippen molar-refractivity contribution in [2.24, 2.45) is 0 Å². The molecule has 1 heterocycles. The van der Waals surface area contributed by atoms with Gasteiger partial charge in [-0.05, 0) is 13.0 Å². The second-order valence-corrected chi connectivity index (χ2v) is 3.83. The fraction of sp³-hybridized carbons (Fsp3) is 0.417. The average molecular weight is 237 g/mol. The lowest BCUT2D eigenvalue weighted by Gasteiger charge is -2.16. The van der Waals surface area contributed by atoms with Crippen molar-refractivity contribution in [1.82, 2.24) is 0 Å². The van der Waals surface area contributed by atoms with Crippen LogP contribution >= 0.6 is 0 Å². The Kier molecular flexibility index (Phi) is 3.31. The molecule has 5 nitrogen and oxygen atoms in total. The summed E-state index contributed by atoms with van der Waals surface area (Å²) in [6.45, 7) is 1.73. The van der Waals surface area contributed by atoms with Crippen LogP contribution in [0.4, 0.5) is 5.69 Å². The molecule has 0 aliphatic carbocycles. The van der Waals surface area contributed by atoms with Crippen molar-refractivity contribution >= 4 is 11.7 Å². The fourth-order valence-corrected chi connectivity index (χ4v) is 1.89. The van der Waals surface area contributed by atoms with Gasteiger partial charge in [-0.25, -0.2) is 4.79 Å². The Balaban J connectivity index is 2.30.